The summed E-state index contributed by atoms with van der Waals surface area (Å²) in [6.45, 7) is 8.59. The number of nitrogens with one attached hydrogen (secondary N) is 1. The summed E-state index contributed by atoms with van der Waals surface area (Å²) < 4.78 is 5.63. The van der Waals surface area contributed by atoms with Gasteiger partial charge in [0.05, 0.1) is 6.61 Å². The fourth-order valence-corrected chi connectivity index (χ4v) is 2.88. The molecule has 5 heteroatoms. The second kappa shape index (κ2) is 11.1. The van der Waals surface area contributed by atoms with Crippen molar-refractivity contribution in [3.63, 3.8) is 0 Å². The monoisotopic (exact) mass is 347 g/mol. The molecule has 1 N–H and O–H groups in total. The highest BCUT2D eigenvalue weighted by Gasteiger charge is 2.13. The van der Waals surface area contributed by atoms with Crippen LogP contribution in [0.15, 0.2) is 24.3 Å². The minimum atomic E-state index is 0.0954. The van der Waals surface area contributed by atoms with Gasteiger partial charge in [-0.05, 0) is 57.1 Å². The van der Waals surface area contributed by atoms with E-state index in [1.54, 1.807) is 0 Å². The molecule has 1 amide bonds. The van der Waals surface area contributed by atoms with E-state index in [0.717, 1.165) is 76.5 Å². The Labute approximate surface area is 152 Å². The number of ether oxygens (including phenoxy) is 1. The molecule has 0 aliphatic carbocycles. The fourth-order valence-electron chi connectivity index (χ4n) is 2.88. The predicted molar refractivity (Wildman–Crippen MR) is 103 cm³/mol. The third-order valence-electron chi connectivity index (χ3n) is 4.63. The molecule has 1 fully saturated rings. The van der Waals surface area contributed by atoms with Crippen LogP contribution in [0, 0.1) is 0 Å². The summed E-state index contributed by atoms with van der Waals surface area (Å²) in [5, 5.41) is 2.97. The van der Waals surface area contributed by atoms with Crippen molar-refractivity contribution in [3.8, 4) is 5.75 Å². The Hall–Kier alpha value is -1.59. The summed E-state index contributed by atoms with van der Waals surface area (Å²) in [6.07, 6.45) is 4.80. The molecule has 1 aliphatic heterocycles. The lowest BCUT2D eigenvalue weighted by atomic mass is 10.2. The number of benzene rings is 1. The van der Waals surface area contributed by atoms with Crippen molar-refractivity contribution in [1.29, 1.82) is 0 Å². The molecule has 0 radical (unpaired) electrons. The van der Waals surface area contributed by atoms with Crippen molar-refractivity contribution in [3.05, 3.63) is 24.3 Å². The number of piperazine rings is 1. The molecule has 0 saturated carbocycles. The number of hydrogen-bond donors (Lipinski definition) is 1. The number of hydrogen-bond acceptors (Lipinski definition) is 4. The summed E-state index contributed by atoms with van der Waals surface area (Å²) >= 11 is 0. The Morgan fingerprint density at radius 2 is 1.80 bits per heavy atom. The Bertz CT molecular complexity index is 496. The highest BCUT2D eigenvalue weighted by molar-refractivity contribution is 5.90. The predicted octanol–water partition coefficient (Wildman–Crippen LogP) is 3.22. The highest BCUT2D eigenvalue weighted by Crippen LogP contribution is 2.16. The molecule has 0 bridgehead atoms. The first-order valence-electron chi connectivity index (χ1n) is 9.61. The molecule has 1 aliphatic rings. The minimum Gasteiger partial charge on any atom is -0.494 e. The second-order valence-corrected chi connectivity index (χ2v) is 6.88. The van der Waals surface area contributed by atoms with Gasteiger partial charge in [-0.15, -0.1) is 0 Å². The van der Waals surface area contributed by atoms with Crippen LogP contribution in [0.1, 0.15) is 39.0 Å². The number of unbranched alkanes of at least 4 members (excludes halogenated alkanes) is 2. The van der Waals surface area contributed by atoms with Crippen molar-refractivity contribution in [2.75, 3.05) is 51.7 Å². The summed E-state index contributed by atoms with van der Waals surface area (Å²) in [6, 6.07) is 7.64. The van der Waals surface area contributed by atoms with Crippen LogP contribution in [0.5, 0.6) is 5.75 Å². The van der Waals surface area contributed by atoms with Crippen molar-refractivity contribution >= 4 is 11.6 Å². The normalized spacial score (nSPS) is 15.9. The van der Waals surface area contributed by atoms with Crippen LogP contribution in [-0.2, 0) is 4.79 Å². The Balaban J connectivity index is 1.58. The number of likely N-dealkylation sites (N-methyl/N-ethyl adjacent to an activating group) is 1. The lowest BCUT2D eigenvalue weighted by Crippen LogP contribution is -2.44. The SMILES string of the molecule is CCCCOc1ccc(NC(=O)CCCCN2CCN(C)CC2)cc1. The van der Waals surface area contributed by atoms with Crippen LogP contribution in [0.4, 0.5) is 5.69 Å². The Kier molecular flexibility index (Phi) is 8.77. The molecule has 0 aromatic heterocycles. The number of carbonyl (C=O) groups is 1. The maximum atomic E-state index is 12.0. The topological polar surface area (TPSA) is 44.8 Å². The molecular weight excluding hydrogens is 314 g/mol. The zero-order valence-corrected chi connectivity index (χ0v) is 15.8. The van der Waals surface area contributed by atoms with Gasteiger partial charge in [0.15, 0.2) is 0 Å². The first-order valence-corrected chi connectivity index (χ1v) is 9.61. The average molecular weight is 348 g/mol. The van der Waals surface area contributed by atoms with Gasteiger partial charge in [-0.2, -0.15) is 0 Å². The smallest absolute Gasteiger partial charge is 0.224 e. The fraction of sp³-hybridized carbons (Fsp3) is 0.650. The Morgan fingerprint density at radius 3 is 2.48 bits per heavy atom. The zero-order chi connectivity index (χ0) is 17.9. The highest BCUT2D eigenvalue weighted by atomic mass is 16.5. The van der Waals surface area contributed by atoms with E-state index in [1.807, 2.05) is 24.3 Å². The first-order chi connectivity index (χ1) is 12.2. The lowest BCUT2D eigenvalue weighted by molar-refractivity contribution is -0.116. The van der Waals surface area contributed by atoms with E-state index in [1.165, 1.54) is 0 Å². The average Bonchev–Trinajstić information content (AvgIpc) is 2.62. The zero-order valence-electron chi connectivity index (χ0n) is 15.8. The number of nitrogens with zero attached hydrogens (tertiary/aromatic N) is 2. The van der Waals surface area contributed by atoms with Crippen molar-refractivity contribution in [2.24, 2.45) is 0 Å². The van der Waals surface area contributed by atoms with Crippen molar-refractivity contribution in [2.45, 2.75) is 39.0 Å². The number of anilines is 1. The largest absolute Gasteiger partial charge is 0.494 e. The maximum Gasteiger partial charge on any atom is 0.224 e. The van der Waals surface area contributed by atoms with Gasteiger partial charge < -0.3 is 19.9 Å². The van der Waals surface area contributed by atoms with Crippen molar-refractivity contribution in [1.82, 2.24) is 9.80 Å². The summed E-state index contributed by atoms with van der Waals surface area (Å²) in [7, 11) is 2.17. The van der Waals surface area contributed by atoms with Crippen molar-refractivity contribution < 1.29 is 9.53 Å². The third-order valence-corrected chi connectivity index (χ3v) is 4.63. The molecule has 140 valence electrons. The molecular formula is C20H33N3O2. The number of carbonyl (C=O) groups excluding carboxylic acids is 1. The standard InChI is InChI=1S/C20H33N3O2/c1-3-4-17-25-19-10-8-18(9-11-19)21-20(24)7-5-6-12-23-15-13-22(2)14-16-23/h8-11H,3-7,12-17H2,1-2H3,(H,21,24). The molecule has 5 nitrogen and oxygen atoms in total. The van der Waals surface area contributed by atoms with Gasteiger partial charge in [0, 0.05) is 38.3 Å². The van der Waals surface area contributed by atoms with E-state index in [-0.39, 0.29) is 5.91 Å². The van der Waals surface area contributed by atoms with Gasteiger partial charge >= 0.3 is 0 Å². The molecule has 1 aromatic rings. The van der Waals surface area contributed by atoms with E-state index >= 15 is 0 Å². The Morgan fingerprint density at radius 1 is 1.08 bits per heavy atom. The van der Waals surface area contributed by atoms with Gasteiger partial charge in [0.1, 0.15) is 5.75 Å². The van der Waals surface area contributed by atoms with Crippen LogP contribution in [0.25, 0.3) is 0 Å². The van der Waals surface area contributed by atoms with Gasteiger partial charge in [-0.1, -0.05) is 13.3 Å². The van der Waals surface area contributed by atoms with E-state index in [2.05, 4.69) is 29.1 Å². The van der Waals surface area contributed by atoms with E-state index < -0.39 is 0 Å². The summed E-state index contributed by atoms with van der Waals surface area (Å²) in [5.74, 6) is 0.955. The second-order valence-electron chi connectivity index (χ2n) is 6.88. The molecule has 0 spiro atoms. The molecule has 2 rings (SSSR count). The van der Waals surface area contributed by atoms with E-state index in [4.69, 9.17) is 4.74 Å². The van der Waals surface area contributed by atoms with Gasteiger partial charge in [-0.25, -0.2) is 0 Å². The number of rotatable bonds is 10. The van der Waals surface area contributed by atoms with Gasteiger partial charge in [0.2, 0.25) is 5.91 Å². The van der Waals surface area contributed by atoms with Crippen LogP contribution >= 0.6 is 0 Å². The van der Waals surface area contributed by atoms with E-state index in [0.29, 0.717) is 6.42 Å². The molecule has 0 unspecified atom stereocenters. The molecule has 25 heavy (non-hydrogen) atoms. The minimum absolute atomic E-state index is 0.0954. The summed E-state index contributed by atoms with van der Waals surface area (Å²) in [4.78, 5) is 16.9. The van der Waals surface area contributed by atoms with Crippen LogP contribution in [0.2, 0.25) is 0 Å². The first kappa shape index (κ1) is 19.7. The third kappa shape index (κ3) is 7.88. The van der Waals surface area contributed by atoms with E-state index in [9.17, 15) is 4.79 Å². The summed E-state index contributed by atoms with van der Waals surface area (Å²) in [5.41, 5.74) is 0.840. The molecule has 1 aromatic carbocycles. The molecule has 0 atom stereocenters. The van der Waals surface area contributed by atoms with Crippen LogP contribution in [-0.4, -0.2) is 62.1 Å². The quantitative estimate of drug-likeness (QED) is 0.660. The van der Waals surface area contributed by atoms with Gasteiger partial charge in [-0.3, -0.25) is 4.79 Å². The maximum absolute atomic E-state index is 12.0. The van der Waals surface area contributed by atoms with Crippen LogP contribution in [0.3, 0.4) is 0 Å². The van der Waals surface area contributed by atoms with Crippen LogP contribution < -0.4 is 10.1 Å². The molecule has 1 heterocycles. The lowest BCUT2D eigenvalue weighted by Gasteiger charge is -2.32. The molecule has 1 saturated heterocycles. The van der Waals surface area contributed by atoms with Gasteiger partial charge in [0.25, 0.3) is 0 Å². The number of amides is 1.